The summed E-state index contributed by atoms with van der Waals surface area (Å²) in [6, 6.07) is 9.19. The van der Waals surface area contributed by atoms with E-state index in [4.69, 9.17) is 5.73 Å². The summed E-state index contributed by atoms with van der Waals surface area (Å²) < 4.78 is 0. The van der Waals surface area contributed by atoms with Crippen molar-refractivity contribution in [3.8, 4) is 0 Å². The highest BCUT2D eigenvalue weighted by Gasteiger charge is 2.09. The fraction of sp³-hybridized carbons (Fsp3) is 0.682. The van der Waals surface area contributed by atoms with E-state index in [0.717, 1.165) is 13.0 Å². The minimum absolute atomic E-state index is 0.169. The Hall–Kier alpha value is -1.35. The lowest BCUT2D eigenvalue weighted by atomic mass is 10.0. The fourth-order valence-electron chi connectivity index (χ4n) is 3.14. The summed E-state index contributed by atoms with van der Waals surface area (Å²) in [5.41, 5.74) is 8.68. The summed E-state index contributed by atoms with van der Waals surface area (Å²) >= 11 is 0. The third kappa shape index (κ3) is 9.64. The van der Waals surface area contributed by atoms with Crippen molar-refractivity contribution in [2.24, 2.45) is 10.7 Å². The topological polar surface area (TPSA) is 50.4 Å². The second-order valence-corrected chi connectivity index (χ2v) is 7.03. The van der Waals surface area contributed by atoms with E-state index in [9.17, 15) is 0 Å². The highest BCUT2D eigenvalue weighted by atomic mass is 15.0. The van der Waals surface area contributed by atoms with Crippen LogP contribution in [0.2, 0.25) is 0 Å². The highest BCUT2D eigenvalue weighted by molar-refractivity contribution is 5.85. The Morgan fingerprint density at radius 2 is 1.48 bits per heavy atom. The van der Waals surface area contributed by atoms with Crippen LogP contribution in [0.25, 0.3) is 0 Å². The molecule has 0 fully saturated rings. The normalized spacial score (nSPS) is 13.2. The minimum Gasteiger partial charge on any atom is -0.386 e. The van der Waals surface area contributed by atoms with E-state index >= 15 is 0 Å². The Labute approximate surface area is 155 Å². The number of amidine groups is 1. The standard InChI is InChI=1S/C22H39N3/c1-4-6-7-8-9-10-11-12-13-19-14-16-20(17-15-19)18-25-21(5-2)22(23)24-3/h14-17,21,25H,4-13,18H2,1-3H3,(H2,23,24). The number of benzene rings is 1. The molecule has 1 aromatic rings. The number of hydrogen-bond donors (Lipinski definition) is 2. The zero-order valence-corrected chi connectivity index (χ0v) is 16.7. The molecule has 0 saturated carbocycles. The van der Waals surface area contributed by atoms with Crippen LogP contribution in [0.4, 0.5) is 0 Å². The average molecular weight is 346 g/mol. The number of aliphatic imine (C=N–C) groups is 1. The maximum absolute atomic E-state index is 5.92. The number of rotatable bonds is 14. The maximum atomic E-state index is 5.92. The lowest BCUT2D eigenvalue weighted by molar-refractivity contribution is 0.575. The van der Waals surface area contributed by atoms with E-state index in [1.54, 1.807) is 7.05 Å². The van der Waals surface area contributed by atoms with Gasteiger partial charge in [0.1, 0.15) is 5.84 Å². The Bertz CT molecular complexity index is 465. The Kier molecular flexibility index (Phi) is 12.0. The summed E-state index contributed by atoms with van der Waals surface area (Å²) in [7, 11) is 1.75. The molecule has 0 spiro atoms. The number of aryl methyl sites for hydroxylation is 1. The number of unbranched alkanes of at least 4 members (excludes halogenated alkanes) is 7. The summed E-state index contributed by atoms with van der Waals surface area (Å²) in [4.78, 5) is 4.09. The smallest absolute Gasteiger partial charge is 0.111 e. The first-order valence-corrected chi connectivity index (χ1v) is 10.2. The Balaban J connectivity index is 2.21. The van der Waals surface area contributed by atoms with Gasteiger partial charge in [-0.1, -0.05) is 83.1 Å². The van der Waals surface area contributed by atoms with E-state index < -0.39 is 0 Å². The van der Waals surface area contributed by atoms with Crippen molar-refractivity contribution in [2.45, 2.75) is 90.6 Å². The van der Waals surface area contributed by atoms with E-state index in [-0.39, 0.29) is 6.04 Å². The van der Waals surface area contributed by atoms with Gasteiger partial charge in [0.05, 0.1) is 6.04 Å². The van der Waals surface area contributed by atoms with Crippen LogP contribution in [0.1, 0.15) is 82.8 Å². The lowest BCUT2D eigenvalue weighted by Crippen LogP contribution is -2.40. The summed E-state index contributed by atoms with van der Waals surface area (Å²) in [5, 5.41) is 3.48. The summed E-state index contributed by atoms with van der Waals surface area (Å²) in [6.45, 7) is 5.24. The van der Waals surface area contributed by atoms with Gasteiger partial charge in [-0.2, -0.15) is 0 Å². The molecule has 0 aromatic heterocycles. The van der Waals surface area contributed by atoms with Crippen LogP contribution in [-0.4, -0.2) is 18.9 Å². The van der Waals surface area contributed by atoms with Gasteiger partial charge in [-0.25, -0.2) is 0 Å². The van der Waals surface area contributed by atoms with Gasteiger partial charge in [-0.3, -0.25) is 4.99 Å². The second kappa shape index (κ2) is 13.9. The summed E-state index contributed by atoms with van der Waals surface area (Å²) in [6.07, 6.45) is 13.2. The molecule has 0 bridgehead atoms. The fourth-order valence-corrected chi connectivity index (χ4v) is 3.14. The highest BCUT2D eigenvalue weighted by Crippen LogP contribution is 2.12. The molecular formula is C22H39N3. The first kappa shape index (κ1) is 21.7. The first-order valence-electron chi connectivity index (χ1n) is 10.2. The quantitative estimate of drug-likeness (QED) is 0.276. The third-order valence-corrected chi connectivity index (χ3v) is 4.92. The number of nitrogens with zero attached hydrogens (tertiary/aromatic N) is 1. The zero-order chi connectivity index (χ0) is 18.3. The molecule has 3 N–H and O–H groups in total. The number of nitrogens with two attached hydrogens (primary N) is 1. The van der Waals surface area contributed by atoms with Crippen molar-refractivity contribution < 1.29 is 0 Å². The lowest BCUT2D eigenvalue weighted by Gasteiger charge is -2.16. The van der Waals surface area contributed by atoms with Gasteiger partial charge >= 0.3 is 0 Å². The molecule has 1 aromatic carbocycles. The minimum atomic E-state index is 0.169. The van der Waals surface area contributed by atoms with Gasteiger partial charge < -0.3 is 11.1 Å². The molecule has 1 rings (SSSR count). The maximum Gasteiger partial charge on any atom is 0.111 e. The van der Waals surface area contributed by atoms with Crippen LogP contribution in [0.3, 0.4) is 0 Å². The molecule has 142 valence electrons. The van der Waals surface area contributed by atoms with Crippen molar-refractivity contribution in [1.29, 1.82) is 0 Å². The molecule has 0 aliphatic rings. The molecule has 0 aliphatic heterocycles. The van der Waals surface area contributed by atoms with Crippen LogP contribution in [0.15, 0.2) is 29.3 Å². The van der Waals surface area contributed by atoms with E-state index in [0.29, 0.717) is 5.84 Å². The number of nitrogens with one attached hydrogen (secondary N) is 1. The van der Waals surface area contributed by atoms with E-state index in [1.165, 1.54) is 68.9 Å². The number of hydrogen-bond acceptors (Lipinski definition) is 2. The third-order valence-electron chi connectivity index (χ3n) is 4.92. The Morgan fingerprint density at radius 1 is 0.920 bits per heavy atom. The van der Waals surface area contributed by atoms with E-state index in [2.05, 4.69) is 48.4 Å². The predicted molar refractivity (Wildman–Crippen MR) is 111 cm³/mol. The molecule has 1 unspecified atom stereocenters. The van der Waals surface area contributed by atoms with E-state index in [1.807, 2.05) is 0 Å². The van der Waals surface area contributed by atoms with Crippen LogP contribution >= 0.6 is 0 Å². The molecule has 0 radical (unpaired) electrons. The molecular weight excluding hydrogens is 306 g/mol. The first-order chi connectivity index (χ1) is 12.2. The van der Waals surface area contributed by atoms with Gasteiger partial charge in [0, 0.05) is 13.6 Å². The molecule has 1 atom stereocenters. The van der Waals surface area contributed by atoms with Crippen molar-refractivity contribution in [3.63, 3.8) is 0 Å². The molecule has 0 heterocycles. The predicted octanol–water partition coefficient (Wildman–Crippen LogP) is 5.23. The molecule has 3 nitrogen and oxygen atoms in total. The van der Waals surface area contributed by atoms with Gasteiger partial charge in [0.25, 0.3) is 0 Å². The monoisotopic (exact) mass is 345 g/mol. The molecule has 0 amide bonds. The van der Waals surface area contributed by atoms with Crippen LogP contribution < -0.4 is 11.1 Å². The SMILES string of the molecule is CCCCCCCCCCc1ccc(CNC(CC)C(N)=NC)cc1. The zero-order valence-electron chi connectivity index (χ0n) is 16.7. The van der Waals surface area contributed by atoms with Crippen molar-refractivity contribution in [2.75, 3.05) is 7.05 Å². The molecule has 3 heteroatoms. The Morgan fingerprint density at radius 3 is 2.04 bits per heavy atom. The van der Waals surface area contributed by atoms with Crippen LogP contribution in [0.5, 0.6) is 0 Å². The van der Waals surface area contributed by atoms with Crippen LogP contribution in [-0.2, 0) is 13.0 Å². The van der Waals surface area contributed by atoms with Crippen LogP contribution in [0, 0.1) is 0 Å². The largest absolute Gasteiger partial charge is 0.386 e. The molecule has 0 aliphatic carbocycles. The van der Waals surface area contributed by atoms with Gasteiger partial charge in [0.2, 0.25) is 0 Å². The van der Waals surface area contributed by atoms with Gasteiger partial charge in [-0.05, 0) is 30.4 Å². The second-order valence-electron chi connectivity index (χ2n) is 7.03. The van der Waals surface area contributed by atoms with Gasteiger partial charge in [-0.15, -0.1) is 0 Å². The average Bonchev–Trinajstić information content (AvgIpc) is 2.65. The van der Waals surface area contributed by atoms with Gasteiger partial charge in [0.15, 0.2) is 0 Å². The molecule has 0 saturated heterocycles. The van der Waals surface area contributed by atoms with Crippen molar-refractivity contribution >= 4 is 5.84 Å². The van der Waals surface area contributed by atoms with Crippen molar-refractivity contribution in [1.82, 2.24) is 5.32 Å². The van der Waals surface area contributed by atoms with Crippen molar-refractivity contribution in [3.05, 3.63) is 35.4 Å². The molecule has 25 heavy (non-hydrogen) atoms. The summed E-state index contributed by atoms with van der Waals surface area (Å²) in [5.74, 6) is 0.689.